The minimum atomic E-state index is -0.300. The average molecular weight is 345 g/mol. The third-order valence-electron chi connectivity index (χ3n) is 4.75. The van der Waals surface area contributed by atoms with E-state index < -0.39 is 0 Å². The van der Waals surface area contributed by atoms with Crippen molar-refractivity contribution in [3.05, 3.63) is 70.7 Å². The summed E-state index contributed by atoms with van der Waals surface area (Å²) in [6, 6.07) is 16.9. The smallest absolute Gasteiger partial charge is 0.338 e. The lowest BCUT2D eigenvalue weighted by molar-refractivity contribution is -0.901. The maximum absolute atomic E-state index is 12.5. The Morgan fingerprint density at radius 1 is 1.08 bits per heavy atom. The fourth-order valence-corrected chi connectivity index (χ4v) is 3.47. The number of hydrogen-bond acceptors (Lipinski definition) is 2. The zero-order valence-electron chi connectivity index (χ0n) is 14.0. The number of likely N-dealkylation sites (N-methyl/N-ethyl adjacent to an activating group) is 1. The monoisotopic (exact) mass is 344 g/mol. The summed E-state index contributed by atoms with van der Waals surface area (Å²) in [5.74, 6) is -0.300. The first-order chi connectivity index (χ1) is 11.6. The molecule has 1 fully saturated rings. The fraction of sp³-hybridized carbons (Fsp3) is 0.350. The number of rotatable bonds is 5. The highest BCUT2D eigenvalue weighted by Gasteiger charge is 2.33. The number of ether oxygens (including phenoxy) is 1. The van der Waals surface area contributed by atoms with Crippen LogP contribution in [-0.2, 0) is 4.74 Å². The van der Waals surface area contributed by atoms with Gasteiger partial charge in [-0.15, -0.1) is 0 Å². The molecule has 0 aliphatic carbocycles. The van der Waals surface area contributed by atoms with E-state index in [0.717, 1.165) is 29.7 Å². The molecular weight excluding hydrogens is 322 g/mol. The van der Waals surface area contributed by atoms with Crippen molar-refractivity contribution < 1.29 is 14.0 Å². The van der Waals surface area contributed by atoms with Crippen LogP contribution >= 0.6 is 11.6 Å². The van der Waals surface area contributed by atoms with Crippen molar-refractivity contribution in [3.8, 4) is 0 Å². The van der Waals surface area contributed by atoms with Gasteiger partial charge >= 0.3 is 5.97 Å². The normalized spacial score (nSPS) is 17.4. The van der Waals surface area contributed by atoms with E-state index in [-0.39, 0.29) is 12.1 Å². The van der Waals surface area contributed by atoms with Gasteiger partial charge in [-0.3, -0.25) is 0 Å². The van der Waals surface area contributed by atoms with Crippen molar-refractivity contribution in [1.29, 1.82) is 0 Å². The van der Waals surface area contributed by atoms with Gasteiger partial charge in [0.25, 0.3) is 0 Å². The van der Waals surface area contributed by atoms with Crippen LogP contribution in [0.4, 0.5) is 0 Å². The van der Waals surface area contributed by atoms with Crippen LogP contribution in [0.25, 0.3) is 0 Å². The van der Waals surface area contributed by atoms with E-state index in [9.17, 15) is 4.79 Å². The number of hydrogen-bond donors (Lipinski definition) is 0. The Bertz CT molecular complexity index is 679. The lowest BCUT2D eigenvalue weighted by atomic mass is 10.1. The van der Waals surface area contributed by atoms with Crippen molar-refractivity contribution in [2.45, 2.75) is 18.9 Å². The van der Waals surface area contributed by atoms with Crippen LogP contribution in [0.15, 0.2) is 54.6 Å². The van der Waals surface area contributed by atoms with E-state index in [4.69, 9.17) is 16.3 Å². The molecule has 1 atom stereocenters. The summed E-state index contributed by atoms with van der Waals surface area (Å²) in [6.45, 7) is 3.09. The second kappa shape index (κ2) is 7.37. The standard InChI is InChI=1S/C20H23ClNO2/c1-22(13-5-6-14-22)15-19(16-7-3-2-4-8-16)24-20(23)17-9-11-18(21)12-10-17/h2-4,7-12,19H,5-6,13-15H2,1H3/q+1. The van der Waals surface area contributed by atoms with Crippen LogP contribution in [0, 0.1) is 0 Å². The van der Waals surface area contributed by atoms with Crippen LogP contribution < -0.4 is 0 Å². The van der Waals surface area contributed by atoms with Crippen LogP contribution in [0.2, 0.25) is 5.02 Å². The number of quaternary nitrogens is 1. The molecule has 0 bridgehead atoms. The van der Waals surface area contributed by atoms with E-state index in [1.54, 1.807) is 24.3 Å². The van der Waals surface area contributed by atoms with Gasteiger partial charge in [-0.05, 0) is 29.8 Å². The number of halogens is 1. The molecule has 1 aliphatic rings. The molecule has 1 saturated heterocycles. The van der Waals surface area contributed by atoms with Gasteiger partial charge in [0.05, 0.1) is 25.7 Å². The summed E-state index contributed by atoms with van der Waals surface area (Å²) in [4.78, 5) is 12.5. The molecule has 126 valence electrons. The van der Waals surface area contributed by atoms with Crippen LogP contribution in [-0.4, -0.2) is 37.1 Å². The molecule has 0 N–H and O–H groups in total. The average Bonchev–Trinajstić information content (AvgIpc) is 3.02. The molecule has 0 radical (unpaired) electrons. The lowest BCUT2D eigenvalue weighted by Gasteiger charge is -2.33. The van der Waals surface area contributed by atoms with Crippen molar-refractivity contribution >= 4 is 17.6 Å². The van der Waals surface area contributed by atoms with Gasteiger partial charge in [0.15, 0.2) is 6.10 Å². The van der Waals surface area contributed by atoms with Gasteiger partial charge < -0.3 is 9.22 Å². The zero-order chi connectivity index (χ0) is 17.0. The molecule has 3 rings (SSSR count). The SMILES string of the molecule is C[N+]1(CC(OC(=O)c2ccc(Cl)cc2)c2ccccc2)CCCC1. The molecular formula is C20H23ClNO2+. The highest BCUT2D eigenvalue weighted by atomic mass is 35.5. The predicted molar refractivity (Wildman–Crippen MR) is 96.1 cm³/mol. The van der Waals surface area contributed by atoms with E-state index in [2.05, 4.69) is 7.05 Å². The molecule has 1 aliphatic heterocycles. The highest BCUT2D eigenvalue weighted by molar-refractivity contribution is 6.30. The van der Waals surface area contributed by atoms with Gasteiger partial charge in [-0.25, -0.2) is 4.79 Å². The van der Waals surface area contributed by atoms with Crippen molar-refractivity contribution in [3.63, 3.8) is 0 Å². The number of benzene rings is 2. The third kappa shape index (κ3) is 4.16. The van der Waals surface area contributed by atoms with E-state index >= 15 is 0 Å². The van der Waals surface area contributed by atoms with Crippen molar-refractivity contribution in [1.82, 2.24) is 0 Å². The minimum absolute atomic E-state index is 0.238. The molecule has 0 saturated carbocycles. The second-order valence-corrected chi connectivity index (χ2v) is 7.20. The predicted octanol–water partition coefficient (Wildman–Crippen LogP) is 4.48. The molecule has 3 nitrogen and oxygen atoms in total. The van der Waals surface area contributed by atoms with Crippen LogP contribution in [0.1, 0.15) is 34.9 Å². The number of likely N-dealkylation sites (tertiary alicyclic amines) is 1. The number of carbonyl (C=O) groups excluding carboxylic acids is 1. The topological polar surface area (TPSA) is 26.3 Å². The Labute approximate surface area is 148 Å². The first-order valence-electron chi connectivity index (χ1n) is 8.41. The lowest BCUT2D eigenvalue weighted by Crippen LogP contribution is -2.44. The molecule has 4 heteroatoms. The van der Waals surface area contributed by atoms with E-state index in [1.807, 2.05) is 30.3 Å². The molecule has 0 aromatic heterocycles. The molecule has 2 aromatic rings. The van der Waals surface area contributed by atoms with Gasteiger partial charge in [-0.1, -0.05) is 41.9 Å². The number of carbonyl (C=O) groups is 1. The van der Waals surface area contributed by atoms with E-state index in [1.165, 1.54) is 12.8 Å². The van der Waals surface area contributed by atoms with Crippen LogP contribution in [0.5, 0.6) is 0 Å². The van der Waals surface area contributed by atoms with Gasteiger partial charge in [-0.2, -0.15) is 0 Å². The Morgan fingerprint density at radius 3 is 2.33 bits per heavy atom. The highest BCUT2D eigenvalue weighted by Crippen LogP contribution is 2.26. The fourth-order valence-electron chi connectivity index (χ4n) is 3.34. The summed E-state index contributed by atoms with van der Waals surface area (Å²) in [6.07, 6.45) is 2.24. The largest absolute Gasteiger partial charge is 0.448 e. The van der Waals surface area contributed by atoms with Gasteiger partial charge in [0.1, 0.15) is 6.54 Å². The Hall–Kier alpha value is -1.84. The van der Waals surface area contributed by atoms with Gasteiger partial charge in [0.2, 0.25) is 0 Å². The summed E-state index contributed by atoms with van der Waals surface area (Å²) in [5.41, 5.74) is 1.58. The molecule has 1 unspecified atom stereocenters. The maximum atomic E-state index is 12.5. The van der Waals surface area contributed by atoms with E-state index in [0.29, 0.717) is 10.6 Å². The molecule has 1 heterocycles. The molecule has 24 heavy (non-hydrogen) atoms. The number of esters is 1. The summed E-state index contributed by atoms with van der Waals surface area (Å²) >= 11 is 5.90. The first kappa shape index (κ1) is 17.0. The van der Waals surface area contributed by atoms with Crippen molar-refractivity contribution in [2.24, 2.45) is 0 Å². The second-order valence-electron chi connectivity index (χ2n) is 6.77. The Morgan fingerprint density at radius 2 is 1.71 bits per heavy atom. The maximum Gasteiger partial charge on any atom is 0.338 e. The van der Waals surface area contributed by atoms with Crippen molar-refractivity contribution in [2.75, 3.05) is 26.7 Å². The number of nitrogens with zero attached hydrogens (tertiary/aromatic N) is 1. The Balaban J connectivity index is 1.79. The van der Waals surface area contributed by atoms with Crippen LogP contribution in [0.3, 0.4) is 0 Å². The third-order valence-corrected chi connectivity index (χ3v) is 5.01. The minimum Gasteiger partial charge on any atom is -0.448 e. The molecule has 0 spiro atoms. The summed E-state index contributed by atoms with van der Waals surface area (Å²) < 4.78 is 6.84. The zero-order valence-corrected chi connectivity index (χ0v) is 14.7. The quantitative estimate of drug-likeness (QED) is 0.590. The summed E-state index contributed by atoms with van der Waals surface area (Å²) in [7, 11) is 2.25. The Kier molecular flexibility index (Phi) is 5.22. The molecule has 0 amide bonds. The van der Waals surface area contributed by atoms with Gasteiger partial charge in [0, 0.05) is 17.9 Å². The summed E-state index contributed by atoms with van der Waals surface area (Å²) in [5, 5.41) is 0.612. The molecule has 2 aromatic carbocycles. The first-order valence-corrected chi connectivity index (χ1v) is 8.79.